The second-order valence-corrected chi connectivity index (χ2v) is 4.72. The van der Waals surface area contributed by atoms with E-state index in [9.17, 15) is 0 Å². The number of hydrogen-bond donors (Lipinski definition) is 2. The molecule has 1 fully saturated rings. The number of aliphatic imine (C=N–C) groups is 1. The summed E-state index contributed by atoms with van der Waals surface area (Å²) in [6.45, 7) is 4.70. The smallest absolute Gasteiger partial charge is 0.188 e. The molecule has 5 heteroatoms. The molecule has 1 saturated carbocycles. The van der Waals surface area contributed by atoms with E-state index in [0.717, 1.165) is 32.5 Å². The molecule has 0 aromatic rings. The summed E-state index contributed by atoms with van der Waals surface area (Å²) in [7, 11) is 1.76. The summed E-state index contributed by atoms with van der Waals surface area (Å²) in [5, 5.41) is 3.11. The first-order valence-electron chi connectivity index (χ1n) is 6.25. The van der Waals surface area contributed by atoms with Crippen molar-refractivity contribution in [2.45, 2.75) is 39.0 Å². The lowest BCUT2D eigenvalue weighted by Gasteiger charge is -2.40. The summed E-state index contributed by atoms with van der Waals surface area (Å²) in [6.07, 6.45) is 6.03. The SMILES string of the molecule is CCCNC(N)=NCC1(CCOC)CCC1.I. The topological polar surface area (TPSA) is 59.6 Å². The van der Waals surface area contributed by atoms with E-state index in [1.165, 1.54) is 19.3 Å². The van der Waals surface area contributed by atoms with Gasteiger partial charge in [0.2, 0.25) is 0 Å². The lowest BCUT2D eigenvalue weighted by atomic mass is 9.67. The minimum Gasteiger partial charge on any atom is -0.385 e. The van der Waals surface area contributed by atoms with Crippen molar-refractivity contribution in [3.05, 3.63) is 0 Å². The van der Waals surface area contributed by atoms with Crippen LogP contribution in [0.4, 0.5) is 0 Å². The molecule has 4 nitrogen and oxygen atoms in total. The Kier molecular flexibility index (Phi) is 8.94. The Balaban J connectivity index is 0.00000256. The van der Waals surface area contributed by atoms with Crippen LogP contribution in [0.3, 0.4) is 0 Å². The van der Waals surface area contributed by atoms with Crippen molar-refractivity contribution in [3.8, 4) is 0 Å². The Morgan fingerprint density at radius 2 is 2.18 bits per heavy atom. The molecule has 1 aliphatic carbocycles. The van der Waals surface area contributed by atoms with Crippen LogP contribution >= 0.6 is 24.0 Å². The van der Waals surface area contributed by atoms with Crippen LogP contribution < -0.4 is 11.1 Å². The van der Waals surface area contributed by atoms with E-state index in [4.69, 9.17) is 10.5 Å². The van der Waals surface area contributed by atoms with Crippen LogP contribution in [0.15, 0.2) is 4.99 Å². The van der Waals surface area contributed by atoms with Crippen LogP contribution in [-0.2, 0) is 4.74 Å². The molecule has 0 spiro atoms. The molecule has 3 N–H and O–H groups in total. The average molecular weight is 355 g/mol. The van der Waals surface area contributed by atoms with Gasteiger partial charge < -0.3 is 15.8 Å². The monoisotopic (exact) mass is 355 g/mol. The molecule has 0 aliphatic heterocycles. The van der Waals surface area contributed by atoms with Crippen LogP contribution in [0.25, 0.3) is 0 Å². The summed E-state index contributed by atoms with van der Waals surface area (Å²) >= 11 is 0. The second-order valence-electron chi connectivity index (χ2n) is 4.72. The fourth-order valence-corrected chi connectivity index (χ4v) is 2.04. The zero-order valence-corrected chi connectivity index (χ0v) is 13.3. The number of methoxy groups -OCH3 is 1. The van der Waals surface area contributed by atoms with E-state index >= 15 is 0 Å². The number of hydrogen-bond acceptors (Lipinski definition) is 2. The number of halogens is 1. The third-order valence-electron chi connectivity index (χ3n) is 3.39. The van der Waals surface area contributed by atoms with Gasteiger partial charge in [0.1, 0.15) is 0 Å². The minimum atomic E-state index is 0. The predicted molar refractivity (Wildman–Crippen MR) is 83.0 cm³/mol. The van der Waals surface area contributed by atoms with Crippen LogP contribution in [0.2, 0.25) is 0 Å². The minimum absolute atomic E-state index is 0. The third-order valence-corrected chi connectivity index (χ3v) is 3.39. The number of rotatable bonds is 7. The molecule has 0 aromatic carbocycles. The Labute approximate surface area is 122 Å². The van der Waals surface area contributed by atoms with E-state index in [1.54, 1.807) is 7.11 Å². The standard InChI is InChI=1S/C12H25N3O.HI/c1-3-8-14-11(13)15-10-12(5-4-6-12)7-9-16-2;/h3-10H2,1-2H3,(H3,13,14,15);1H. The Morgan fingerprint density at radius 3 is 2.65 bits per heavy atom. The fourth-order valence-electron chi connectivity index (χ4n) is 2.04. The van der Waals surface area contributed by atoms with Gasteiger partial charge in [-0.05, 0) is 31.1 Å². The zero-order chi connectivity index (χ0) is 11.9. The van der Waals surface area contributed by atoms with Gasteiger partial charge in [0, 0.05) is 26.8 Å². The molecule has 0 amide bonds. The molecule has 0 atom stereocenters. The van der Waals surface area contributed by atoms with Crippen molar-refractivity contribution in [2.24, 2.45) is 16.1 Å². The van der Waals surface area contributed by atoms with Crippen molar-refractivity contribution >= 4 is 29.9 Å². The van der Waals surface area contributed by atoms with E-state index in [2.05, 4.69) is 17.2 Å². The predicted octanol–water partition coefficient (Wildman–Crippen LogP) is 2.13. The summed E-state index contributed by atoms with van der Waals surface area (Å²) < 4.78 is 5.15. The van der Waals surface area contributed by atoms with E-state index in [1.807, 2.05) is 0 Å². The largest absolute Gasteiger partial charge is 0.385 e. The van der Waals surface area contributed by atoms with E-state index < -0.39 is 0 Å². The molecule has 0 radical (unpaired) electrons. The zero-order valence-electron chi connectivity index (χ0n) is 11.0. The van der Waals surface area contributed by atoms with Gasteiger partial charge >= 0.3 is 0 Å². The van der Waals surface area contributed by atoms with Gasteiger partial charge in [-0.25, -0.2) is 0 Å². The summed E-state index contributed by atoms with van der Waals surface area (Å²) in [6, 6.07) is 0. The Morgan fingerprint density at radius 1 is 1.47 bits per heavy atom. The highest BCUT2D eigenvalue weighted by Gasteiger charge is 2.36. The summed E-state index contributed by atoms with van der Waals surface area (Å²) in [5.41, 5.74) is 6.15. The maximum absolute atomic E-state index is 5.78. The molecule has 1 rings (SSSR count). The Hall–Kier alpha value is -0.0400. The molecule has 0 saturated heterocycles. The van der Waals surface area contributed by atoms with Crippen LogP contribution in [-0.4, -0.2) is 32.8 Å². The lowest BCUT2D eigenvalue weighted by Crippen LogP contribution is -2.37. The van der Waals surface area contributed by atoms with Gasteiger partial charge in [-0.15, -0.1) is 24.0 Å². The molecule has 0 bridgehead atoms. The molecular weight excluding hydrogens is 329 g/mol. The van der Waals surface area contributed by atoms with Crippen molar-refractivity contribution in [2.75, 3.05) is 26.8 Å². The van der Waals surface area contributed by atoms with Crippen LogP contribution in [0, 0.1) is 5.41 Å². The van der Waals surface area contributed by atoms with Crippen molar-refractivity contribution in [3.63, 3.8) is 0 Å². The maximum atomic E-state index is 5.78. The highest BCUT2D eigenvalue weighted by atomic mass is 127. The van der Waals surface area contributed by atoms with Gasteiger partial charge in [0.25, 0.3) is 0 Å². The van der Waals surface area contributed by atoms with E-state index in [0.29, 0.717) is 11.4 Å². The van der Waals surface area contributed by atoms with Gasteiger partial charge in [0.05, 0.1) is 0 Å². The van der Waals surface area contributed by atoms with Crippen LogP contribution in [0.5, 0.6) is 0 Å². The number of nitrogens with zero attached hydrogens (tertiary/aromatic N) is 1. The normalized spacial score (nSPS) is 18.1. The highest BCUT2D eigenvalue weighted by Crippen LogP contribution is 2.44. The van der Waals surface area contributed by atoms with Gasteiger partial charge in [0.15, 0.2) is 5.96 Å². The molecular formula is C12H26IN3O. The first kappa shape index (κ1) is 17.0. The quantitative estimate of drug-likeness (QED) is 0.418. The Bertz CT molecular complexity index is 230. The number of nitrogens with one attached hydrogen (secondary N) is 1. The number of guanidine groups is 1. The summed E-state index contributed by atoms with van der Waals surface area (Å²) in [5.74, 6) is 0.588. The average Bonchev–Trinajstić information content (AvgIpc) is 2.24. The van der Waals surface area contributed by atoms with Gasteiger partial charge in [-0.1, -0.05) is 13.3 Å². The first-order chi connectivity index (χ1) is 7.72. The number of ether oxygens (including phenoxy) is 1. The molecule has 17 heavy (non-hydrogen) atoms. The van der Waals surface area contributed by atoms with Gasteiger partial charge in [-0.3, -0.25) is 4.99 Å². The summed E-state index contributed by atoms with van der Waals surface area (Å²) in [4.78, 5) is 4.44. The fraction of sp³-hybridized carbons (Fsp3) is 0.917. The van der Waals surface area contributed by atoms with E-state index in [-0.39, 0.29) is 24.0 Å². The van der Waals surface area contributed by atoms with Crippen molar-refractivity contribution < 1.29 is 4.74 Å². The first-order valence-corrected chi connectivity index (χ1v) is 6.25. The van der Waals surface area contributed by atoms with Crippen molar-refractivity contribution in [1.82, 2.24) is 5.32 Å². The van der Waals surface area contributed by atoms with Crippen LogP contribution in [0.1, 0.15) is 39.0 Å². The molecule has 1 aliphatic rings. The third kappa shape index (κ3) is 5.90. The maximum Gasteiger partial charge on any atom is 0.188 e. The molecule has 0 unspecified atom stereocenters. The molecule has 102 valence electrons. The number of nitrogens with two attached hydrogens (primary N) is 1. The van der Waals surface area contributed by atoms with Gasteiger partial charge in [-0.2, -0.15) is 0 Å². The second kappa shape index (κ2) is 8.97. The van der Waals surface area contributed by atoms with Crippen molar-refractivity contribution in [1.29, 1.82) is 0 Å². The highest BCUT2D eigenvalue weighted by molar-refractivity contribution is 14.0. The molecule has 0 heterocycles. The molecule has 0 aromatic heterocycles. The lowest BCUT2D eigenvalue weighted by molar-refractivity contribution is 0.0779.